The number of pyridine rings is 3. The maximum absolute atomic E-state index is 14.0. The number of aliphatic carboxylic acids is 3. The molecule has 3 atom stereocenters. The summed E-state index contributed by atoms with van der Waals surface area (Å²) in [6.45, 7) is 19.4. The Labute approximate surface area is 593 Å². The van der Waals surface area contributed by atoms with E-state index in [2.05, 4.69) is 125 Å². The van der Waals surface area contributed by atoms with E-state index in [1.165, 1.54) is 31.4 Å². The minimum atomic E-state index is -1.00. The topological polar surface area (TPSA) is 246 Å². The number of carboxylic acid groups (broad SMARTS) is 3. The number of imidazole rings is 3. The molecule has 9 aromatic heterocycles. The molecule has 0 amide bonds. The van der Waals surface area contributed by atoms with Crippen LogP contribution in [-0.4, -0.2) is 89.3 Å². The second-order valence-electron chi connectivity index (χ2n) is 27.1. The zero-order chi connectivity index (χ0) is 72.9. The summed E-state index contributed by atoms with van der Waals surface area (Å²) in [4.78, 5) is 90.6. The van der Waals surface area contributed by atoms with Gasteiger partial charge in [-0.1, -0.05) is 85.6 Å². The van der Waals surface area contributed by atoms with Crippen molar-refractivity contribution in [2.75, 3.05) is 0 Å². The molecular formula is C80H83ClN12O9. The van der Waals surface area contributed by atoms with Gasteiger partial charge in [0.15, 0.2) is 16.9 Å². The summed E-state index contributed by atoms with van der Waals surface area (Å²) >= 11 is 6.08. The normalized spacial score (nSPS) is 12.5. The van der Waals surface area contributed by atoms with Crippen molar-refractivity contribution < 1.29 is 29.7 Å². The van der Waals surface area contributed by atoms with Gasteiger partial charge in [0.25, 0.3) is 0 Å². The fraction of sp³-hybridized carbons (Fsp3) is 0.287. The third kappa shape index (κ3) is 13.7. The highest BCUT2D eigenvalue weighted by molar-refractivity contribution is 6.30. The zero-order valence-electron chi connectivity index (χ0n) is 59.4. The van der Waals surface area contributed by atoms with Gasteiger partial charge in [0.05, 0.1) is 73.6 Å². The molecule has 0 fully saturated rings. The second-order valence-corrected chi connectivity index (χ2v) is 27.5. The van der Waals surface area contributed by atoms with Gasteiger partial charge in [-0.3, -0.25) is 41.8 Å². The molecule has 5 aromatic carbocycles. The van der Waals surface area contributed by atoms with Crippen LogP contribution in [0.2, 0.25) is 5.02 Å². The number of carboxylic acids is 3. The minimum absolute atomic E-state index is 0.102. The molecule has 3 N–H and O–H groups in total. The van der Waals surface area contributed by atoms with Gasteiger partial charge in [-0.25, -0.2) is 29.3 Å². The number of aromatic nitrogens is 12. The summed E-state index contributed by atoms with van der Waals surface area (Å²) in [5.74, 6) is -2.89. The third-order valence-corrected chi connectivity index (χ3v) is 19.6. The van der Waals surface area contributed by atoms with E-state index in [0.29, 0.717) is 64.6 Å². The summed E-state index contributed by atoms with van der Waals surface area (Å²) in [5.41, 5.74) is 19.3. The highest BCUT2D eigenvalue weighted by Crippen LogP contribution is 2.34. The van der Waals surface area contributed by atoms with Gasteiger partial charge in [-0.15, -0.1) is 0 Å². The largest absolute Gasteiger partial charge is 0.481 e. The molecule has 0 saturated heterocycles. The molecule has 102 heavy (non-hydrogen) atoms. The van der Waals surface area contributed by atoms with Crippen LogP contribution in [0.5, 0.6) is 0 Å². The van der Waals surface area contributed by atoms with E-state index >= 15 is 0 Å². The molecule has 0 unspecified atom stereocenters. The molecule has 14 aromatic rings. The predicted molar refractivity (Wildman–Crippen MR) is 401 cm³/mol. The van der Waals surface area contributed by atoms with Gasteiger partial charge in [0.1, 0.15) is 0 Å². The minimum Gasteiger partial charge on any atom is -0.481 e. The monoisotopic (exact) mass is 1390 g/mol. The number of carbonyl (C=O) groups is 3. The number of fused-ring (bicyclic) bond motifs is 6. The van der Waals surface area contributed by atoms with Crippen LogP contribution in [-0.2, 0) is 55.2 Å². The lowest BCUT2D eigenvalue weighted by atomic mass is 10.0. The summed E-state index contributed by atoms with van der Waals surface area (Å²) in [6.07, 6.45) is 8.64. The Bertz CT molecular complexity index is 5800. The molecule has 0 aliphatic rings. The molecule has 524 valence electrons. The lowest BCUT2D eigenvalue weighted by Crippen LogP contribution is -2.29. The molecule has 21 nitrogen and oxygen atoms in total. The van der Waals surface area contributed by atoms with Crippen molar-refractivity contribution in [2.45, 2.75) is 132 Å². The van der Waals surface area contributed by atoms with Gasteiger partial charge in [0.2, 0.25) is 0 Å². The maximum Gasteiger partial charge on any atom is 0.331 e. The van der Waals surface area contributed by atoms with Crippen LogP contribution < -0.4 is 17.1 Å². The van der Waals surface area contributed by atoms with E-state index in [0.717, 1.165) is 89.4 Å². The standard InChI is InChI=1S/C28H27ClN4O3.C27H26N4O3.C25H30N4O3/c1-16-11-17(2)26-20(14-31(4)24(26)12-16)15-32-22-10-5-18(3)30-27(22)33(28(32)36)23(13-25(34)35)19-6-8-21(29)9-7-19;1-17-12-18(2)25-20(15-29(3)23(25)13-17)16-30-21-10-7-11-28-26(21)31(27(30)34)22(14-24(32)33)19-8-5-4-6-9-19;1-6-7-19(12-22(30)31)29-24-20(9-8-17(4)26-24)28(25(29)32)14-18-13-27(5)21-11-15(2)10-16(3)23(18)21/h5-12,14,23H,13,15H2,1-4H3,(H,34,35);4-13,15,22H,14,16H2,1-3H3,(H,32,33);8-11,13,19H,6-7,12,14H2,1-5H3,(H,30,31)/t23-;22-;19-/m110/s1. The average molecular weight is 1390 g/mol. The number of halogens is 1. The van der Waals surface area contributed by atoms with E-state index in [9.17, 15) is 44.1 Å². The molecule has 14 rings (SSSR count). The van der Waals surface area contributed by atoms with Crippen molar-refractivity contribution in [3.05, 3.63) is 261 Å². The highest BCUT2D eigenvalue weighted by Gasteiger charge is 2.30. The Morgan fingerprint density at radius 1 is 0.441 bits per heavy atom. The Kier molecular flexibility index (Phi) is 19.9. The molecule has 0 radical (unpaired) electrons. The van der Waals surface area contributed by atoms with Gasteiger partial charge in [-0.2, -0.15) is 0 Å². The van der Waals surface area contributed by atoms with Crippen molar-refractivity contribution in [1.82, 2.24) is 56.1 Å². The Morgan fingerprint density at radius 2 is 0.824 bits per heavy atom. The van der Waals surface area contributed by atoms with Crippen LogP contribution >= 0.6 is 11.6 Å². The second kappa shape index (κ2) is 28.7. The molecule has 0 spiro atoms. The van der Waals surface area contributed by atoms with Crippen LogP contribution in [0.1, 0.15) is 130 Å². The van der Waals surface area contributed by atoms with Gasteiger partial charge in [0, 0.05) is 95.0 Å². The van der Waals surface area contributed by atoms with Crippen molar-refractivity contribution in [3.63, 3.8) is 0 Å². The van der Waals surface area contributed by atoms with Crippen molar-refractivity contribution >= 4 is 95.7 Å². The fourth-order valence-corrected chi connectivity index (χ4v) is 15.2. The first-order chi connectivity index (χ1) is 48.7. The van der Waals surface area contributed by atoms with Crippen LogP contribution in [0.4, 0.5) is 0 Å². The quantitative estimate of drug-likeness (QED) is 0.0684. The number of aryl methyl sites for hydroxylation is 11. The number of rotatable bonds is 19. The SMILES string of the molecule is CCC[C@@H](CC(=O)O)n1c(=O)n(Cc2cn(C)c3cc(C)cc(C)c23)c2ccc(C)nc21.Cc1cc(C)c2c(Cn3c(=O)n([C@H](CC(=O)O)c4ccc(Cl)cc4)c4nc(C)ccc43)cn(C)c2c1.Cc1cc(C)c2c(Cn3c(=O)n([C@H](CC(=O)O)c4ccccc4)c4ncccc43)cn(C)c2c1. The van der Waals surface area contributed by atoms with Crippen LogP contribution in [0.15, 0.2) is 167 Å². The van der Waals surface area contributed by atoms with Crippen molar-refractivity contribution in [1.29, 1.82) is 0 Å². The molecule has 0 bridgehead atoms. The molecule has 22 heteroatoms. The van der Waals surface area contributed by atoms with Crippen LogP contribution in [0.25, 0.3) is 66.2 Å². The Balaban J connectivity index is 0.000000145. The molecule has 0 saturated carbocycles. The van der Waals surface area contributed by atoms with Gasteiger partial charge < -0.3 is 29.0 Å². The predicted octanol–water partition coefficient (Wildman–Crippen LogP) is 14.3. The average Bonchev–Trinajstić information content (AvgIpc) is 1.60. The van der Waals surface area contributed by atoms with Crippen molar-refractivity contribution in [2.24, 2.45) is 21.1 Å². The van der Waals surface area contributed by atoms with Crippen molar-refractivity contribution in [3.8, 4) is 0 Å². The van der Waals surface area contributed by atoms with Crippen LogP contribution in [0.3, 0.4) is 0 Å². The Morgan fingerprint density at radius 3 is 1.24 bits per heavy atom. The number of hydrogen-bond acceptors (Lipinski definition) is 9. The smallest absolute Gasteiger partial charge is 0.331 e. The molecule has 0 aliphatic heterocycles. The summed E-state index contributed by atoms with van der Waals surface area (Å²) in [6, 6.07) is 38.5. The van der Waals surface area contributed by atoms with Gasteiger partial charge in [-0.05, 0) is 190 Å². The molecule has 9 heterocycles. The summed E-state index contributed by atoms with van der Waals surface area (Å²) in [7, 11) is 6.04. The number of benzene rings is 5. The summed E-state index contributed by atoms with van der Waals surface area (Å²) < 4.78 is 16.0. The first-order valence-electron chi connectivity index (χ1n) is 34.0. The van der Waals surface area contributed by atoms with Gasteiger partial charge >= 0.3 is 35.0 Å². The number of hydrogen-bond donors (Lipinski definition) is 3. The zero-order valence-corrected chi connectivity index (χ0v) is 60.1. The maximum atomic E-state index is 14.0. The number of nitrogens with zero attached hydrogens (tertiary/aromatic N) is 12. The first-order valence-corrected chi connectivity index (χ1v) is 34.4. The summed E-state index contributed by atoms with van der Waals surface area (Å²) in [5, 5.41) is 32.8. The lowest BCUT2D eigenvalue weighted by Gasteiger charge is -2.17. The van der Waals surface area contributed by atoms with E-state index in [1.54, 1.807) is 54.8 Å². The first kappa shape index (κ1) is 70.5. The Hall–Kier alpha value is -11.3. The van der Waals surface area contributed by atoms with E-state index in [1.807, 2.05) is 103 Å². The third-order valence-electron chi connectivity index (χ3n) is 19.3. The highest BCUT2D eigenvalue weighted by atomic mass is 35.5. The lowest BCUT2D eigenvalue weighted by molar-refractivity contribution is -0.138. The molecular weight excluding hydrogens is 1310 g/mol. The fourth-order valence-electron chi connectivity index (χ4n) is 15.1. The van der Waals surface area contributed by atoms with E-state index < -0.39 is 36.0 Å². The molecule has 0 aliphatic carbocycles. The van der Waals surface area contributed by atoms with E-state index in [4.69, 9.17) is 11.6 Å². The van der Waals surface area contributed by atoms with E-state index in [-0.39, 0.29) is 36.3 Å². The van der Waals surface area contributed by atoms with Crippen LogP contribution in [0, 0.1) is 55.4 Å².